The number of imidazole rings is 1. The number of hydrogen-bond acceptors (Lipinski definition) is 2. The van der Waals surface area contributed by atoms with E-state index in [0.717, 1.165) is 26.0 Å². The first-order chi connectivity index (χ1) is 11.4. The van der Waals surface area contributed by atoms with Crippen LogP contribution in [0.3, 0.4) is 0 Å². The Kier molecular flexibility index (Phi) is 8.49. The molecule has 0 saturated heterocycles. The third-order valence-electron chi connectivity index (χ3n) is 4.17. The summed E-state index contributed by atoms with van der Waals surface area (Å²) >= 11 is 0. The lowest BCUT2D eigenvalue weighted by molar-refractivity contribution is 0.0336. The van der Waals surface area contributed by atoms with Gasteiger partial charge in [-0.25, -0.2) is 4.98 Å². The Morgan fingerprint density at radius 2 is 1.91 bits per heavy atom. The molecule has 0 N–H and O–H groups in total. The molecule has 2 aromatic rings. The van der Waals surface area contributed by atoms with Crippen molar-refractivity contribution in [1.29, 1.82) is 0 Å². The highest BCUT2D eigenvalue weighted by atomic mass is 16.5. The molecule has 0 bridgehead atoms. The number of aryl methyl sites for hydroxylation is 1. The summed E-state index contributed by atoms with van der Waals surface area (Å²) in [6, 6.07) is 10.7. The molecule has 3 heteroatoms. The molecule has 2 rings (SSSR count). The van der Waals surface area contributed by atoms with Crippen LogP contribution in [-0.2, 0) is 17.7 Å². The van der Waals surface area contributed by atoms with Crippen LogP contribution < -0.4 is 0 Å². The van der Waals surface area contributed by atoms with Crippen molar-refractivity contribution < 1.29 is 4.74 Å². The minimum atomic E-state index is 0.260. The molecule has 1 aromatic heterocycles. The predicted octanol–water partition coefficient (Wildman–Crippen LogP) is 4.87. The Morgan fingerprint density at radius 3 is 2.65 bits per heavy atom. The maximum atomic E-state index is 6.17. The van der Waals surface area contributed by atoms with Crippen molar-refractivity contribution in [2.24, 2.45) is 0 Å². The molecule has 1 heterocycles. The second-order valence-electron chi connectivity index (χ2n) is 6.19. The Balaban J connectivity index is 1.75. The van der Waals surface area contributed by atoms with Crippen molar-refractivity contribution in [2.45, 2.75) is 64.5 Å². The first-order valence-corrected chi connectivity index (χ1v) is 8.99. The molecule has 0 fully saturated rings. The topological polar surface area (TPSA) is 27.1 Å². The predicted molar refractivity (Wildman–Crippen MR) is 95.5 cm³/mol. The van der Waals surface area contributed by atoms with E-state index < -0.39 is 0 Å². The van der Waals surface area contributed by atoms with Gasteiger partial charge in [0.25, 0.3) is 0 Å². The Hall–Kier alpha value is -1.61. The number of hydrogen-bond donors (Lipinski definition) is 0. The molecule has 0 aliphatic carbocycles. The Morgan fingerprint density at radius 1 is 1.09 bits per heavy atom. The van der Waals surface area contributed by atoms with E-state index in [0.29, 0.717) is 0 Å². The molecule has 0 spiro atoms. The molecule has 23 heavy (non-hydrogen) atoms. The lowest BCUT2D eigenvalue weighted by Gasteiger charge is -2.18. The van der Waals surface area contributed by atoms with E-state index in [2.05, 4.69) is 46.8 Å². The van der Waals surface area contributed by atoms with Crippen LogP contribution in [0, 0.1) is 0 Å². The third-order valence-corrected chi connectivity index (χ3v) is 4.17. The summed E-state index contributed by atoms with van der Waals surface area (Å²) in [6.07, 6.45) is 14.5. The molecule has 0 aliphatic rings. The maximum Gasteiger partial charge on any atom is 0.0946 e. The summed E-state index contributed by atoms with van der Waals surface area (Å²) in [7, 11) is 0. The van der Waals surface area contributed by atoms with Crippen LogP contribution in [0.25, 0.3) is 0 Å². The Labute approximate surface area is 140 Å². The summed E-state index contributed by atoms with van der Waals surface area (Å²) in [5.41, 5.74) is 1.38. The van der Waals surface area contributed by atoms with Crippen LogP contribution in [-0.4, -0.2) is 22.3 Å². The van der Waals surface area contributed by atoms with Crippen LogP contribution in [0.2, 0.25) is 0 Å². The second kappa shape index (κ2) is 11.0. The standard InChI is InChI=1S/C20H30N2O/c1-2-3-4-5-9-16-23-20(17-22-15-14-21-18-22)13-12-19-10-7-6-8-11-19/h6-8,10-11,14-15,18,20H,2-5,9,12-13,16-17H2,1H3. The SMILES string of the molecule is CCCCCCCOC(CCc1ccccc1)Cn1ccnc1. The van der Waals surface area contributed by atoms with Crippen molar-refractivity contribution in [1.82, 2.24) is 9.55 Å². The van der Waals surface area contributed by atoms with Crippen molar-refractivity contribution in [2.75, 3.05) is 6.61 Å². The fourth-order valence-corrected chi connectivity index (χ4v) is 2.79. The van der Waals surface area contributed by atoms with E-state index in [9.17, 15) is 0 Å². The number of nitrogens with zero attached hydrogens (tertiary/aromatic N) is 2. The normalized spacial score (nSPS) is 12.4. The first-order valence-electron chi connectivity index (χ1n) is 8.99. The molecule has 0 aliphatic heterocycles. The number of unbranched alkanes of at least 4 members (excludes halogenated alkanes) is 4. The number of ether oxygens (including phenoxy) is 1. The molecule has 1 aromatic carbocycles. The van der Waals surface area contributed by atoms with Crippen LogP contribution in [0.1, 0.15) is 51.0 Å². The number of benzene rings is 1. The van der Waals surface area contributed by atoms with Crippen molar-refractivity contribution in [3.05, 3.63) is 54.6 Å². The highest BCUT2D eigenvalue weighted by molar-refractivity contribution is 5.14. The van der Waals surface area contributed by atoms with Gasteiger partial charge in [-0.1, -0.05) is 62.9 Å². The first kappa shape index (κ1) is 17.7. The zero-order chi connectivity index (χ0) is 16.2. The zero-order valence-electron chi connectivity index (χ0n) is 14.4. The molecular formula is C20H30N2O. The third kappa shape index (κ3) is 7.47. The van der Waals surface area contributed by atoms with E-state index in [1.54, 1.807) is 0 Å². The molecule has 126 valence electrons. The van der Waals surface area contributed by atoms with Crippen molar-refractivity contribution in [3.63, 3.8) is 0 Å². The van der Waals surface area contributed by atoms with E-state index in [1.807, 2.05) is 18.7 Å². The lowest BCUT2D eigenvalue weighted by Crippen LogP contribution is -2.21. The van der Waals surface area contributed by atoms with Crippen molar-refractivity contribution >= 4 is 0 Å². The number of aromatic nitrogens is 2. The molecule has 3 nitrogen and oxygen atoms in total. The highest BCUT2D eigenvalue weighted by Gasteiger charge is 2.10. The van der Waals surface area contributed by atoms with Crippen LogP contribution >= 0.6 is 0 Å². The van der Waals surface area contributed by atoms with Gasteiger partial charge in [-0.3, -0.25) is 0 Å². The molecule has 0 amide bonds. The summed E-state index contributed by atoms with van der Waals surface area (Å²) in [4.78, 5) is 4.13. The monoisotopic (exact) mass is 314 g/mol. The Bertz CT molecular complexity index is 496. The van der Waals surface area contributed by atoms with Gasteiger partial charge in [0, 0.05) is 25.5 Å². The van der Waals surface area contributed by atoms with Gasteiger partial charge in [0.05, 0.1) is 12.4 Å². The van der Waals surface area contributed by atoms with E-state index in [4.69, 9.17) is 4.74 Å². The summed E-state index contributed by atoms with van der Waals surface area (Å²) in [5.74, 6) is 0. The molecular weight excluding hydrogens is 284 g/mol. The zero-order valence-corrected chi connectivity index (χ0v) is 14.4. The van der Waals surface area contributed by atoms with E-state index in [1.165, 1.54) is 37.7 Å². The van der Waals surface area contributed by atoms with Gasteiger partial charge in [-0.15, -0.1) is 0 Å². The molecule has 0 saturated carbocycles. The van der Waals surface area contributed by atoms with E-state index in [-0.39, 0.29) is 6.10 Å². The summed E-state index contributed by atoms with van der Waals surface area (Å²) in [6.45, 7) is 4.01. The second-order valence-corrected chi connectivity index (χ2v) is 6.19. The molecule has 1 atom stereocenters. The van der Waals surface area contributed by atoms with Crippen LogP contribution in [0.15, 0.2) is 49.1 Å². The van der Waals surface area contributed by atoms with Gasteiger partial charge in [0.2, 0.25) is 0 Å². The fourth-order valence-electron chi connectivity index (χ4n) is 2.79. The molecule has 0 radical (unpaired) electrons. The van der Waals surface area contributed by atoms with Crippen molar-refractivity contribution in [3.8, 4) is 0 Å². The van der Waals surface area contributed by atoms with Gasteiger partial charge in [0.15, 0.2) is 0 Å². The molecule has 1 unspecified atom stereocenters. The van der Waals surface area contributed by atoms with Gasteiger partial charge in [-0.2, -0.15) is 0 Å². The van der Waals surface area contributed by atoms with Gasteiger partial charge in [-0.05, 0) is 24.8 Å². The fraction of sp³-hybridized carbons (Fsp3) is 0.550. The van der Waals surface area contributed by atoms with Gasteiger partial charge < -0.3 is 9.30 Å². The van der Waals surface area contributed by atoms with Gasteiger partial charge in [0.1, 0.15) is 0 Å². The lowest BCUT2D eigenvalue weighted by atomic mass is 10.1. The summed E-state index contributed by atoms with van der Waals surface area (Å²) in [5, 5.41) is 0. The average molecular weight is 314 g/mol. The largest absolute Gasteiger partial charge is 0.376 e. The smallest absolute Gasteiger partial charge is 0.0946 e. The van der Waals surface area contributed by atoms with Gasteiger partial charge >= 0.3 is 0 Å². The minimum Gasteiger partial charge on any atom is -0.376 e. The summed E-state index contributed by atoms with van der Waals surface area (Å²) < 4.78 is 8.29. The average Bonchev–Trinajstić information content (AvgIpc) is 3.09. The minimum absolute atomic E-state index is 0.260. The highest BCUT2D eigenvalue weighted by Crippen LogP contribution is 2.11. The maximum absolute atomic E-state index is 6.17. The number of rotatable bonds is 12. The quantitative estimate of drug-likeness (QED) is 0.523. The van der Waals surface area contributed by atoms with Crippen LogP contribution in [0.5, 0.6) is 0 Å². The van der Waals surface area contributed by atoms with E-state index >= 15 is 0 Å². The van der Waals surface area contributed by atoms with Crippen LogP contribution in [0.4, 0.5) is 0 Å².